The average molecular weight is 336 g/mol. The van der Waals surface area contributed by atoms with Gasteiger partial charge in [0.1, 0.15) is 0 Å². The molecule has 1 atom stereocenters. The van der Waals surface area contributed by atoms with Crippen LogP contribution in [0, 0.1) is 18.3 Å². The lowest BCUT2D eigenvalue weighted by molar-refractivity contribution is -0.139. The maximum absolute atomic E-state index is 11.9. The van der Waals surface area contributed by atoms with Crippen LogP contribution < -0.4 is 5.32 Å². The Kier molecular flexibility index (Phi) is 5.63. The molecule has 7 heteroatoms. The second kappa shape index (κ2) is 7.47. The van der Waals surface area contributed by atoms with Gasteiger partial charge in [-0.25, -0.2) is 0 Å². The number of thioether (sulfide) groups is 1. The minimum atomic E-state index is -0.360. The SMILES string of the molecule is CCOC(=O)CSC1=C(C#N)[C@@H](c2sccc2C)CC(=O)N1. The molecule has 0 saturated carbocycles. The molecule has 2 rings (SSSR count). The topological polar surface area (TPSA) is 79.2 Å². The Morgan fingerprint density at radius 1 is 1.64 bits per heavy atom. The molecular formula is C15H16N2O3S2. The zero-order valence-corrected chi connectivity index (χ0v) is 14.0. The first kappa shape index (κ1) is 16.6. The molecule has 0 radical (unpaired) electrons. The number of hydrogen-bond acceptors (Lipinski definition) is 6. The summed E-state index contributed by atoms with van der Waals surface area (Å²) in [6.07, 6.45) is 0.258. The minimum Gasteiger partial charge on any atom is -0.465 e. The highest BCUT2D eigenvalue weighted by Gasteiger charge is 2.31. The van der Waals surface area contributed by atoms with Crippen LogP contribution in [0.3, 0.4) is 0 Å². The van der Waals surface area contributed by atoms with Crippen LogP contribution >= 0.6 is 23.1 Å². The van der Waals surface area contributed by atoms with E-state index in [0.29, 0.717) is 17.2 Å². The molecule has 0 aliphatic carbocycles. The molecule has 22 heavy (non-hydrogen) atoms. The van der Waals surface area contributed by atoms with Gasteiger partial charge >= 0.3 is 5.97 Å². The molecule has 0 unspecified atom stereocenters. The van der Waals surface area contributed by atoms with Gasteiger partial charge in [-0.3, -0.25) is 9.59 Å². The highest BCUT2D eigenvalue weighted by Crippen LogP contribution is 2.39. The number of rotatable bonds is 5. The van der Waals surface area contributed by atoms with Crippen molar-refractivity contribution in [3.05, 3.63) is 32.5 Å². The Morgan fingerprint density at radius 2 is 2.41 bits per heavy atom. The third-order valence-corrected chi connectivity index (χ3v) is 5.34. The number of hydrogen-bond donors (Lipinski definition) is 1. The van der Waals surface area contributed by atoms with Gasteiger partial charge in [-0.05, 0) is 30.9 Å². The Bertz CT molecular complexity index is 658. The van der Waals surface area contributed by atoms with Crippen molar-refractivity contribution in [2.24, 2.45) is 0 Å². The first-order valence-corrected chi connectivity index (χ1v) is 8.69. The summed E-state index contributed by atoms with van der Waals surface area (Å²) in [7, 11) is 0. The maximum Gasteiger partial charge on any atom is 0.316 e. The summed E-state index contributed by atoms with van der Waals surface area (Å²) in [5.41, 5.74) is 1.59. The largest absolute Gasteiger partial charge is 0.465 e. The van der Waals surface area contributed by atoms with Gasteiger partial charge < -0.3 is 10.1 Å². The van der Waals surface area contributed by atoms with Crippen molar-refractivity contribution in [1.82, 2.24) is 5.32 Å². The van der Waals surface area contributed by atoms with Crippen LogP contribution in [-0.4, -0.2) is 24.2 Å². The second-order valence-corrected chi connectivity index (χ2v) is 6.65. The number of nitriles is 1. The summed E-state index contributed by atoms with van der Waals surface area (Å²) in [6, 6.07) is 4.17. The van der Waals surface area contributed by atoms with Gasteiger partial charge in [0.05, 0.1) is 29.0 Å². The molecule has 0 saturated heterocycles. The summed E-state index contributed by atoms with van der Waals surface area (Å²) in [4.78, 5) is 24.4. The molecule has 2 heterocycles. The number of nitrogens with zero attached hydrogens (tertiary/aromatic N) is 1. The summed E-state index contributed by atoms with van der Waals surface area (Å²) in [6.45, 7) is 4.02. The van der Waals surface area contributed by atoms with E-state index in [9.17, 15) is 14.9 Å². The predicted molar refractivity (Wildman–Crippen MR) is 86.3 cm³/mol. The third-order valence-electron chi connectivity index (χ3n) is 3.21. The number of carbonyl (C=O) groups is 2. The smallest absolute Gasteiger partial charge is 0.316 e. The van der Waals surface area contributed by atoms with Crippen molar-refractivity contribution in [2.45, 2.75) is 26.2 Å². The van der Waals surface area contributed by atoms with Gasteiger partial charge in [-0.1, -0.05) is 11.8 Å². The van der Waals surface area contributed by atoms with Crippen molar-refractivity contribution < 1.29 is 14.3 Å². The summed E-state index contributed by atoms with van der Waals surface area (Å²) >= 11 is 2.69. The average Bonchev–Trinajstić information content (AvgIpc) is 2.90. The molecule has 5 nitrogen and oxygen atoms in total. The van der Waals surface area contributed by atoms with Crippen LogP contribution in [0.4, 0.5) is 0 Å². The number of thiophene rings is 1. The lowest BCUT2D eigenvalue weighted by Crippen LogP contribution is -2.31. The number of amides is 1. The van der Waals surface area contributed by atoms with Crippen molar-refractivity contribution in [2.75, 3.05) is 12.4 Å². The van der Waals surface area contributed by atoms with E-state index in [2.05, 4.69) is 11.4 Å². The predicted octanol–water partition coefficient (Wildman–Crippen LogP) is 2.69. The summed E-state index contributed by atoms with van der Waals surface area (Å²) < 4.78 is 4.87. The van der Waals surface area contributed by atoms with Crippen LogP contribution in [0.5, 0.6) is 0 Å². The van der Waals surface area contributed by atoms with Crippen molar-refractivity contribution in [3.63, 3.8) is 0 Å². The highest BCUT2D eigenvalue weighted by atomic mass is 32.2. The molecule has 1 amide bonds. The monoisotopic (exact) mass is 336 g/mol. The van der Waals surface area contributed by atoms with E-state index in [-0.39, 0.29) is 30.0 Å². The van der Waals surface area contributed by atoms with E-state index < -0.39 is 0 Å². The van der Waals surface area contributed by atoms with Crippen molar-refractivity contribution >= 4 is 35.0 Å². The van der Waals surface area contributed by atoms with Gasteiger partial charge in [0, 0.05) is 17.2 Å². The second-order valence-electron chi connectivity index (χ2n) is 4.72. The number of esters is 1. The van der Waals surface area contributed by atoms with E-state index in [1.54, 1.807) is 18.3 Å². The fourth-order valence-electron chi connectivity index (χ4n) is 2.23. The number of carbonyl (C=O) groups excluding carboxylic acids is 2. The molecule has 116 valence electrons. The quantitative estimate of drug-likeness (QED) is 0.836. The summed E-state index contributed by atoms with van der Waals surface area (Å²) in [5.74, 6) is -0.655. The molecule has 0 bridgehead atoms. The number of allylic oxidation sites excluding steroid dienone is 1. The normalized spacial score (nSPS) is 17.9. The Balaban J connectivity index is 2.26. The lowest BCUT2D eigenvalue weighted by Gasteiger charge is -2.24. The Labute approximate surface area is 137 Å². The molecule has 1 aromatic rings. The number of ether oxygens (including phenoxy) is 1. The number of nitrogens with one attached hydrogen (secondary N) is 1. The van der Waals surface area contributed by atoms with E-state index in [0.717, 1.165) is 22.2 Å². The molecule has 1 aromatic heterocycles. The molecule has 1 aliphatic heterocycles. The van der Waals surface area contributed by atoms with Crippen LogP contribution in [0.2, 0.25) is 0 Å². The summed E-state index contributed by atoms with van der Waals surface area (Å²) in [5, 5.41) is 14.6. The van der Waals surface area contributed by atoms with E-state index in [1.807, 2.05) is 18.4 Å². The van der Waals surface area contributed by atoms with Crippen LogP contribution in [0.15, 0.2) is 22.0 Å². The maximum atomic E-state index is 11.9. The van der Waals surface area contributed by atoms with Gasteiger partial charge in [-0.2, -0.15) is 5.26 Å². The van der Waals surface area contributed by atoms with Gasteiger partial charge in [0.2, 0.25) is 5.91 Å². The molecule has 0 spiro atoms. The lowest BCUT2D eigenvalue weighted by atomic mass is 9.91. The zero-order chi connectivity index (χ0) is 16.1. The first-order chi connectivity index (χ1) is 10.6. The minimum absolute atomic E-state index is 0.0742. The van der Waals surface area contributed by atoms with Crippen LogP contribution in [0.1, 0.15) is 29.7 Å². The first-order valence-electron chi connectivity index (χ1n) is 6.83. The van der Waals surface area contributed by atoms with Crippen LogP contribution in [0.25, 0.3) is 0 Å². The molecule has 0 aromatic carbocycles. The van der Waals surface area contributed by atoms with E-state index in [4.69, 9.17) is 4.74 Å². The van der Waals surface area contributed by atoms with E-state index >= 15 is 0 Å². The van der Waals surface area contributed by atoms with Gasteiger partial charge in [-0.15, -0.1) is 11.3 Å². The van der Waals surface area contributed by atoms with Crippen molar-refractivity contribution in [3.8, 4) is 6.07 Å². The van der Waals surface area contributed by atoms with E-state index in [1.165, 1.54) is 0 Å². The molecule has 0 fully saturated rings. The highest BCUT2D eigenvalue weighted by molar-refractivity contribution is 8.03. The van der Waals surface area contributed by atoms with Gasteiger partial charge in [0.15, 0.2) is 0 Å². The Morgan fingerprint density at radius 3 is 3.00 bits per heavy atom. The Hall–Kier alpha value is -1.78. The van der Waals surface area contributed by atoms with Crippen molar-refractivity contribution in [1.29, 1.82) is 5.26 Å². The molecule has 1 aliphatic rings. The third kappa shape index (κ3) is 3.70. The number of aryl methyl sites for hydroxylation is 1. The van der Waals surface area contributed by atoms with Crippen LogP contribution in [-0.2, 0) is 14.3 Å². The standard InChI is InChI=1S/C15H16N2O3S2/c1-3-20-13(19)8-22-15-11(7-16)10(6-12(18)17-15)14-9(2)4-5-21-14/h4-5,10H,3,6,8H2,1-2H3,(H,17,18)/t10-/m0/s1. The fourth-order valence-corrected chi connectivity index (χ4v) is 4.15. The fraction of sp³-hybridized carbons (Fsp3) is 0.400. The molecular weight excluding hydrogens is 320 g/mol. The molecule has 1 N–H and O–H groups in total. The van der Waals surface area contributed by atoms with Gasteiger partial charge in [0.25, 0.3) is 0 Å². The zero-order valence-electron chi connectivity index (χ0n) is 12.3.